The predicted molar refractivity (Wildman–Crippen MR) is 117 cm³/mol. The zero-order valence-electron chi connectivity index (χ0n) is 17.3. The molecule has 0 bridgehead atoms. The lowest BCUT2D eigenvalue weighted by molar-refractivity contribution is -0.127. The van der Waals surface area contributed by atoms with Crippen molar-refractivity contribution in [1.82, 2.24) is 0 Å². The van der Waals surface area contributed by atoms with Gasteiger partial charge in [0, 0.05) is 12.7 Å². The Morgan fingerprint density at radius 2 is 1.87 bits per heavy atom. The van der Waals surface area contributed by atoms with Gasteiger partial charge in [-0.25, -0.2) is 0 Å². The average molecular weight is 404 g/mol. The van der Waals surface area contributed by atoms with Gasteiger partial charge in [-0.15, -0.1) is 0 Å². The summed E-state index contributed by atoms with van der Waals surface area (Å²) in [5.74, 6) is 0.921. The Labute approximate surface area is 175 Å². The molecule has 1 aliphatic rings. The summed E-state index contributed by atoms with van der Waals surface area (Å²) < 4.78 is 11.5. The Balaban J connectivity index is 1.43. The second-order valence-electron chi connectivity index (χ2n) is 8.07. The van der Waals surface area contributed by atoms with Crippen LogP contribution in [0.3, 0.4) is 0 Å². The van der Waals surface area contributed by atoms with E-state index < -0.39 is 5.41 Å². The van der Waals surface area contributed by atoms with Gasteiger partial charge in [0.1, 0.15) is 18.1 Å². The third-order valence-electron chi connectivity index (χ3n) is 5.17. The standard InChI is InChI=1S/C24H24N2O4/c1-24(2)15-30-21-11-9-18(13-20(21)26(3)23(24)28)25-22(27)14-29-19-10-8-16-6-4-5-7-17(16)12-19/h4-13H,14-15H2,1-3H3,(H,25,27). The minimum Gasteiger partial charge on any atom is -0.490 e. The van der Waals surface area contributed by atoms with Gasteiger partial charge in [-0.3, -0.25) is 9.59 Å². The number of fused-ring (bicyclic) bond motifs is 2. The molecule has 30 heavy (non-hydrogen) atoms. The summed E-state index contributed by atoms with van der Waals surface area (Å²) in [5.41, 5.74) is 0.577. The lowest BCUT2D eigenvalue weighted by Crippen LogP contribution is -2.39. The fraction of sp³-hybridized carbons (Fsp3) is 0.250. The van der Waals surface area contributed by atoms with Gasteiger partial charge in [-0.2, -0.15) is 0 Å². The second-order valence-corrected chi connectivity index (χ2v) is 8.07. The van der Waals surface area contributed by atoms with Crippen LogP contribution in [0.15, 0.2) is 60.7 Å². The van der Waals surface area contributed by atoms with Crippen LogP contribution in [0.4, 0.5) is 11.4 Å². The molecule has 0 saturated heterocycles. The molecular formula is C24H24N2O4. The summed E-state index contributed by atoms with van der Waals surface area (Å²) in [7, 11) is 1.71. The smallest absolute Gasteiger partial charge is 0.262 e. The minimum atomic E-state index is -0.620. The number of nitrogens with zero attached hydrogens (tertiary/aromatic N) is 1. The highest BCUT2D eigenvalue weighted by molar-refractivity contribution is 6.00. The number of nitrogens with one attached hydrogen (secondary N) is 1. The first kappa shape index (κ1) is 19.8. The van der Waals surface area contributed by atoms with E-state index in [1.165, 1.54) is 0 Å². The quantitative estimate of drug-likeness (QED) is 0.706. The van der Waals surface area contributed by atoms with E-state index in [0.717, 1.165) is 10.8 Å². The Kier molecular flexibility index (Phi) is 5.08. The number of hydrogen-bond donors (Lipinski definition) is 1. The van der Waals surface area contributed by atoms with Crippen molar-refractivity contribution in [2.45, 2.75) is 13.8 Å². The molecule has 3 aromatic carbocycles. The number of ether oxygens (including phenoxy) is 2. The number of carbonyl (C=O) groups excluding carboxylic acids is 2. The molecule has 2 amide bonds. The molecule has 0 aromatic heterocycles. The van der Waals surface area contributed by atoms with Gasteiger partial charge in [0.15, 0.2) is 6.61 Å². The number of carbonyl (C=O) groups is 2. The molecule has 1 heterocycles. The molecule has 0 saturated carbocycles. The van der Waals surface area contributed by atoms with E-state index in [2.05, 4.69) is 5.32 Å². The van der Waals surface area contributed by atoms with Gasteiger partial charge >= 0.3 is 0 Å². The molecule has 0 aliphatic carbocycles. The Morgan fingerprint density at radius 3 is 2.67 bits per heavy atom. The first-order valence-corrected chi connectivity index (χ1v) is 9.80. The largest absolute Gasteiger partial charge is 0.490 e. The van der Waals surface area contributed by atoms with Crippen molar-refractivity contribution in [1.29, 1.82) is 0 Å². The molecule has 1 N–H and O–H groups in total. The summed E-state index contributed by atoms with van der Waals surface area (Å²) in [4.78, 5) is 26.6. The van der Waals surface area contributed by atoms with Crippen molar-refractivity contribution in [3.05, 3.63) is 60.7 Å². The summed E-state index contributed by atoms with van der Waals surface area (Å²) in [6, 6.07) is 18.9. The summed E-state index contributed by atoms with van der Waals surface area (Å²) in [6.45, 7) is 3.89. The number of anilines is 2. The van der Waals surface area contributed by atoms with Gasteiger partial charge in [0.25, 0.3) is 5.91 Å². The SMILES string of the molecule is CN1C(=O)C(C)(C)COc2ccc(NC(=O)COc3ccc4ccccc4c3)cc21. The van der Waals surface area contributed by atoms with Crippen LogP contribution >= 0.6 is 0 Å². The third kappa shape index (κ3) is 3.94. The molecule has 0 atom stereocenters. The number of benzene rings is 3. The van der Waals surface area contributed by atoms with E-state index in [4.69, 9.17) is 9.47 Å². The Bertz CT molecular complexity index is 1120. The average Bonchev–Trinajstić information content (AvgIpc) is 2.83. The molecule has 6 nitrogen and oxygen atoms in total. The van der Waals surface area contributed by atoms with Gasteiger partial charge in [0.05, 0.1) is 11.1 Å². The number of amides is 2. The van der Waals surface area contributed by atoms with E-state index in [9.17, 15) is 9.59 Å². The van der Waals surface area contributed by atoms with Crippen molar-refractivity contribution >= 4 is 34.0 Å². The summed E-state index contributed by atoms with van der Waals surface area (Å²) >= 11 is 0. The van der Waals surface area contributed by atoms with Gasteiger partial charge in [-0.05, 0) is 55.0 Å². The monoisotopic (exact) mass is 404 g/mol. The Hall–Kier alpha value is -3.54. The van der Waals surface area contributed by atoms with E-state index >= 15 is 0 Å². The van der Waals surface area contributed by atoms with Gasteiger partial charge in [-0.1, -0.05) is 30.3 Å². The highest BCUT2D eigenvalue weighted by Gasteiger charge is 2.36. The number of rotatable bonds is 4. The van der Waals surface area contributed by atoms with Gasteiger partial charge in [0.2, 0.25) is 5.91 Å². The summed E-state index contributed by atoms with van der Waals surface area (Å²) in [5, 5.41) is 4.99. The second kappa shape index (κ2) is 7.71. The predicted octanol–water partition coefficient (Wildman–Crippen LogP) is 4.24. The fourth-order valence-electron chi connectivity index (χ4n) is 3.47. The third-order valence-corrected chi connectivity index (χ3v) is 5.17. The van der Waals surface area contributed by atoms with Crippen LogP contribution in [0.5, 0.6) is 11.5 Å². The lowest BCUT2D eigenvalue weighted by atomic mass is 9.93. The van der Waals surface area contributed by atoms with Crippen LogP contribution in [0.25, 0.3) is 10.8 Å². The lowest BCUT2D eigenvalue weighted by Gasteiger charge is -2.24. The molecule has 1 aliphatic heterocycles. The highest BCUT2D eigenvalue weighted by Crippen LogP contribution is 2.37. The van der Waals surface area contributed by atoms with Crippen LogP contribution in [0.1, 0.15) is 13.8 Å². The molecule has 3 aromatic rings. The first-order chi connectivity index (χ1) is 14.3. The van der Waals surface area contributed by atoms with E-state index in [-0.39, 0.29) is 18.4 Å². The molecule has 0 fully saturated rings. The molecule has 0 spiro atoms. The van der Waals surface area contributed by atoms with Crippen LogP contribution in [0.2, 0.25) is 0 Å². The van der Waals surface area contributed by atoms with Crippen molar-refractivity contribution in [3.8, 4) is 11.5 Å². The zero-order valence-corrected chi connectivity index (χ0v) is 17.3. The topological polar surface area (TPSA) is 67.9 Å². The van der Waals surface area contributed by atoms with Gasteiger partial charge < -0.3 is 19.7 Å². The molecule has 4 rings (SSSR count). The van der Waals surface area contributed by atoms with Crippen LogP contribution in [-0.4, -0.2) is 32.1 Å². The van der Waals surface area contributed by atoms with Crippen molar-refractivity contribution in [2.24, 2.45) is 5.41 Å². The molecular weight excluding hydrogens is 380 g/mol. The molecule has 154 valence electrons. The normalized spacial score (nSPS) is 15.2. The summed E-state index contributed by atoms with van der Waals surface area (Å²) in [6.07, 6.45) is 0. The zero-order chi connectivity index (χ0) is 21.3. The van der Waals surface area contributed by atoms with E-state index in [1.54, 1.807) is 30.1 Å². The molecule has 0 radical (unpaired) electrons. The van der Waals surface area contributed by atoms with Crippen molar-refractivity contribution in [2.75, 3.05) is 30.5 Å². The first-order valence-electron chi connectivity index (χ1n) is 9.80. The van der Waals surface area contributed by atoms with Crippen LogP contribution in [-0.2, 0) is 9.59 Å². The maximum absolute atomic E-state index is 12.7. The van der Waals surface area contributed by atoms with E-state index in [0.29, 0.717) is 29.5 Å². The van der Waals surface area contributed by atoms with Crippen LogP contribution in [0, 0.1) is 5.41 Å². The highest BCUT2D eigenvalue weighted by atomic mass is 16.5. The fourth-order valence-corrected chi connectivity index (χ4v) is 3.47. The molecule has 0 unspecified atom stereocenters. The maximum atomic E-state index is 12.7. The van der Waals surface area contributed by atoms with Crippen molar-refractivity contribution in [3.63, 3.8) is 0 Å². The Morgan fingerprint density at radius 1 is 1.10 bits per heavy atom. The number of hydrogen-bond acceptors (Lipinski definition) is 4. The minimum absolute atomic E-state index is 0.0376. The van der Waals surface area contributed by atoms with Crippen molar-refractivity contribution < 1.29 is 19.1 Å². The van der Waals surface area contributed by atoms with E-state index in [1.807, 2.05) is 56.3 Å². The van der Waals surface area contributed by atoms with Crippen LogP contribution < -0.4 is 19.7 Å². The maximum Gasteiger partial charge on any atom is 0.262 e. The molecule has 6 heteroatoms.